The smallest absolute Gasteiger partial charge is 0.246 e. The second-order valence-electron chi connectivity index (χ2n) is 7.78. The average molecular weight is 375 g/mol. The molecule has 0 atom stereocenters. The molecule has 0 fully saturated rings. The molecule has 3 aromatic rings. The van der Waals surface area contributed by atoms with Gasteiger partial charge >= 0.3 is 0 Å². The van der Waals surface area contributed by atoms with Crippen molar-refractivity contribution in [2.24, 2.45) is 0 Å². The highest BCUT2D eigenvalue weighted by Crippen LogP contribution is 2.22. The Labute approximate surface area is 165 Å². The highest BCUT2D eigenvalue weighted by Gasteiger charge is 2.14. The van der Waals surface area contributed by atoms with Gasteiger partial charge in [-0.05, 0) is 22.6 Å². The summed E-state index contributed by atoms with van der Waals surface area (Å²) in [4.78, 5) is 18.3. The van der Waals surface area contributed by atoms with Crippen molar-refractivity contribution in [3.05, 3.63) is 77.7 Å². The zero-order valence-corrected chi connectivity index (χ0v) is 16.7. The van der Waals surface area contributed by atoms with Crippen LogP contribution >= 0.6 is 0 Å². The highest BCUT2D eigenvalue weighted by molar-refractivity contribution is 5.91. The molecular weight excluding hydrogens is 350 g/mol. The maximum absolute atomic E-state index is 12.4. The molecule has 0 N–H and O–H groups in total. The summed E-state index contributed by atoms with van der Waals surface area (Å²) in [5.41, 5.74) is 3.24. The van der Waals surface area contributed by atoms with E-state index in [9.17, 15) is 4.79 Å². The topological polar surface area (TPSA) is 59.2 Å². The molecule has 5 heteroatoms. The summed E-state index contributed by atoms with van der Waals surface area (Å²) in [5.74, 6) is 0.794. The maximum atomic E-state index is 12.4. The summed E-state index contributed by atoms with van der Waals surface area (Å²) in [5, 5.41) is 3.98. The predicted octanol–water partition coefficient (Wildman–Crippen LogP) is 4.71. The molecule has 3 rings (SSSR count). The van der Waals surface area contributed by atoms with Gasteiger partial charge in [-0.25, -0.2) is 0 Å². The lowest BCUT2D eigenvalue weighted by atomic mass is 9.87. The van der Waals surface area contributed by atoms with E-state index in [0.29, 0.717) is 11.7 Å². The third-order valence-corrected chi connectivity index (χ3v) is 4.44. The lowest BCUT2D eigenvalue weighted by Gasteiger charge is -2.18. The van der Waals surface area contributed by atoms with E-state index in [1.807, 2.05) is 48.5 Å². The van der Waals surface area contributed by atoms with Crippen molar-refractivity contribution in [2.45, 2.75) is 32.7 Å². The van der Waals surface area contributed by atoms with E-state index in [2.05, 4.69) is 43.0 Å². The zero-order chi connectivity index (χ0) is 20.1. The lowest BCUT2D eigenvalue weighted by Crippen LogP contribution is -2.24. The minimum Gasteiger partial charge on any atom is -0.337 e. The molecule has 0 saturated carbocycles. The van der Waals surface area contributed by atoms with Crippen molar-refractivity contribution in [3.8, 4) is 11.4 Å². The Kier molecular flexibility index (Phi) is 5.73. The minimum atomic E-state index is -0.126. The molecule has 2 aromatic carbocycles. The minimum absolute atomic E-state index is 0.112. The molecule has 1 heterocycles. The monoisotopic (exact) mass is 375 g/mol. The van der Waals surface area contributed by atoms with Gasteiger partial charge in [0.15, 0.2) is 0 Å². The number of likely N-dealkylation sites (N-methyl/N-ethyl adjacent to an activating group) is 1. The Hall–Kier alpha value is -3.21. The van der Waals surface area contributed by atoms with Gasteiger partial charge in [-0.1, -0.05) is 80.5 Å². The third kappa shape index (κ3) is 4.94. The molecule has 1 aromatic heterocycles. The molecule has 144 valence electrons. The van der Waals surface area contributed by atoms with Gasteiger partial charge in [0, 0.05) is 18.7 Å². The van der Waals surface area contributed by atoms with Crippen LogP contribution in [0.15, 0.2) is 65.2 Å². The van der Waals surface area contributed by atoms with Crippen LogP contribution in [0.1, 0.15) is 37.8 Å². The van der Waals surface area contributed by atoms with E-state index in [0.717, 1.165) is 11.1 Å². The second kappa shape index (κ2) is 8.21. The van der Waals surface area contributed by atoms with E-state index in [4.69, 9.17) is 4.52 Å². The molecule has 0 aliphatic heterocycles. The summed E-state index contributed by atoms with van der Waals surface area (Å²) in [6.45, 7) is 6.79. The number of aromatic nitrogens is 2. The van der Waals surface area contributed by atoms with Gasteiger partial charge in [-0.2, -0.15) is 4.98 Å². The number of rotatable bonds is 5. The first kappa shape index (κ1) is 19.5. The van der Waals surface area contributed by atoms with Crippen LogP contribution in [0.4, 0.5) is 0 Å². The van der Waals surface area contributed by atoms with Crippen LogP contribution in [0.3, 0.4) is 0 Å². The first-order chi connectivity index (χ1) is 13.3. The normalized spacial score (nSPS) is 11.7. The van der Waals surface area contributed by atoms with Crippen molar-refractivity contribution in [1.82, 2.24) is 15.0 Å². The second-order valence-corrected chi connectivity index (χ2v) is 7.78. The van der Waals surface area contributed by atoms with Crippen molar-refractivity contribution in [2.75, 3.05) is 7.05 Å². The molecule has 1 amide bonds. The number of nitrogens with zero attached hydrogens (tertiary/aromatic N) is 3. The molecule has 0 unspecified atom stereocenters. The Balaban J connectivity index is 1.60. The van der Waals surface area contributed by atoms with Crippen LogP contribution < -0.4 is 0 Å². The van der Waals surface area contributed by atoms with Crippen LogP contribution in [0.5, 0.6) is 0 Å². The maximum Gasteiger partial charge on any atom is 0.246 e. The molecule has 0 aliphatic rings. The highest BCUT2D eigenvalue weighted by atomic mass is 16.5. The quantitative estimate of drug-likeness (QED) is 0.606. The van der Waals surface area contributed by atoms with Crippen molar-refractivity contribution < 1.29 is 9.32 Å². The zero-order valence-electron chi connectivity index (χ0n) is 16.7. The fourth-order valence-electron chi connectivity index (χ4n) is 2.69. The molecule has 0 saturated heterocycles. The molecule has 0 spiro atoms. The van der Waals surface area contributed by atoms with Crippen LogP contribution in [-0.4, -0.2) is 28.0 Å². The van der Waals surface area contributed by atoms with Crippen molar-refractivity contribution >= 4 is 12.0 Å². The van der Waals surface area contributed by atoms with Gasteiger partial charge in [-0.15, -0.1) is 0 Å². The Bertz CT molecular complexity index is 952. The summed E-state index contributed by atoms with van der Waals surface area (Å²) in [7, 11) is 1.71. The SMILES string of the molecule is CN(Cc1nc(-c2ccccc2)no1)C(=O)C=Cc1ccc(C(C)(C)C)cc1. The fourth-order valence-corrected chi connectivity index (χ4v) is 2.69. The van der Waals surface area contributed by atoms with Crippen LogP contribution in [-0.2, 0) is 16.8 Å². The molecule has 28 heavy (non-hydrogen) atoms. The lowest BCUT2D eigenvalue weighted by molar-refractivity contribution is -0.125. The Morgan fingerprint density at radius 3 is 2.39 bits per heavy atom. The van der Waals surface area contributed by atoms with E-state index in [1.165, 1.54) is 5.56 Å². The summed E-state index contributed by atoms with van der Waals surface area (Å²) >= 11 is 0. The van der Waals surface area contributed by atoms with Crippen LogP contribution in [0.25, 0.3) is 17.5 Å². The van der Waals surface area contributed by atoms with Crippen molar-refractivity contribution in [1.29, 1.82) is 0 Å². The van der Waals surface area contributed by atoms with E-state index in [1.54, 1.807) is 18.0 Å². The number of carbonyl (C=O) groups is 1. The Morgan fingerprint density at radius 2 is 1.75 bits per heavy atom. The van der Waals surface area contributed by atoms with E-state index in [-0.39, 0.29) is 17.9 Å². The first-order valence-corrected chi connectivity index (χ1v) is 9.24. The third-order valence-electron chi connectivity index (χ3n) is 4.44. The summed E-state index contributed by atoms with van der Waals surface area (Å²) < 4.78 is 5.27. The number of amides is 1. The fraction of sp³-hybridized carbons (Fsp3) is 0.261. The molecular formula is C23H25N3O2. The summed E-state index contributed by atoms with van der Waals surface area (Å²) in [6.07, 6.45) is 3.37. The van der Waals surface area contributed by atoms with Gasteiger partial charge in [0.2, 0.25) is 17.6 Å². The molecule has 0 radical (unpaired) electrons. The summed E-state index contributed by atoms with van der Waals surface area (Å²) in [6, 6.07) is 17.8. The van der Waals surface area contributed by atoms with Gasteiger partial charge in [-0.3, -0.25) is 4.79 Å². The largest absolute Gasteiger partial charge is 0.337 e. The molecule has 5 nitrogen and oxygen atoms in total. The van der Waals surface area contributed by atoms with Gasteiger partial charge in [0.05, 0.1) is 6.54 Å². The predicted molar refractivity (Wildman–Crippen MR) is 110 cm³/mol. The average Bonchev–Trinajstić information content (AvgIpc) is 3.15. The number of carbonyl (C=O) groups excluding carboxylic acids is 1. The van der Waals surface area contributed by atoms with E-state index < -0.39 is 0 Å². The number of benzene rings is 2. The molecule has 0 aliphatic carbocycles. The number of hydrogen-bond donors (Lipinski definition) is 0. The molecule has 0 bridgehead atoms. The van der Waals surface area contributed by atoms with Crippen LogP contribution in [0.2, 0.25) is 0 Å². The van der Waals surface area contributed by atoms with Gasteiger partial charge in [0.25, 0.3) is 0 Å². The first-order valence-electron chi connectivity index (χ1n) is 9.24. The van der Waals surface area contributed by atoms with E-state index >= 15 is 0 Å². The van der Waals surface area contributed by atoms with Gasteiger partial charge in [0.1, 0.15) is 0 Å². The number of hydrogen-bond acceptors (Lipinski definition) is 4. The van der Waals surface area contributed by atoms with Crippen molar-refractivity contribution in [3.63, 3.8) is 0 Å². The van der Waals surface area contributed by atoms with Gasteiger partial charge < -0.3 is 9.42 Å². The Morgan fingerprint density at radius 1 is 1.07 bits per heavy atom. The van der Waals surface area contributed by atoms with Crippen LogP contribution in [0, 0.1) is 0 Å². The standard InChI is InChI=1S/C23H25N3O2/c1-23(2,3)19-13-10-17(11-14-19)12-15-21(27)26(4)16-20-24-22(25-28-20)18-8-6-5-7-9-18/h5-15H,16H2,1-4H3.